The first kappa shape index (κ1) is 23.0. The van der Waals surface area contributed by atoms with E-state index >= 15 is 0 Å². The topological polar surface area (TPSA) is 242 Å². The van der Waals surface area contributed by atoms with Gasteiger partial charge in [-0.2, -0.15) is 0 Å². The van der Waals surface area contributed by atoms with E-state index in [4.69, 9.17) is 29.7 Å². The smallest absolute Gasteiger partial charge is 0.394 e. The van der Waals surface area contributed by atoms with Crippen LogP contribution in [0.3, 0.4) is 0 Å². The van der Waals surface area contributed by atoms with Crippen LogP contribution in [0.15, 0.2) is 0 Å². The molecule has 0 aromatic rings. The molecular weight excluding hydrogens is 397 g/mol. The summed E-state index contributed by atoms with van der Waals surface area (Å²) in [4.78, 5) is 18.0. The zero-order valence-corrected chi connectivity index (χ0v) is 14.7. The summed E-state index contributed by atoms with van der Waals surface area (Å²) in [6.07, 6.45) is -14.9. The van der Waals surface area contributed by atoms with Gasteiger partial charge in [0, 0.05) is 0 Å². The Morgan fingerprint density at radius 2 is 1.48 bits per heavy atom. The van der Waals surface area contributed by atoms with Crippen LogP contribution in [-0.4, -0.2) is 115 Å². The molecule has 27 heavy (non-hydrogen) atoms. The van der Waals surface area contributed by atoms with E-state index in [0.29, 0.717) is 0 Å². The molecule has 0 aliphatic carbocycles. The molecule has 2 saturated heterocycles. The fraction of sp³-hybridized carbons (Fsp3) is 1.00. The number of aliphatic hydroxyl groups is 6. The number of ether oxygens (including phenoxy) is 3. The van der Waals surface area contributed by atoms with Crippen molar-refractivity contribution in [2.24, 2.45) is 5.73 Å². The lowest BCUT2D eigenvalue weighted by Gasteiger charge is -2.46. The largest absolute Gasteiger partial charge is 0.470 e. The van der Waals surface area contributed by atoms with Gasteiger partial charge in [-0.05, 0) is 0 Å². The molecule has 2 aliphatic heterocycles. The molecular formula is C12H24NO13P. The van der Waals surface area contributed by atoms with Gasteiger partial charge >= 0.3 is 7.82 Å². The Morgan fingerprint density at radius 1 is 0.889 bits per heavy atom. The van der Waals surface area contributed by atoms with Gasteiger partial charge in [0.25, 0.3) is 0 Å². The zero-order chi connectivity index (χ0) is 20.5. The number of phosphoric ester groups is 1. The van der Waals surface area contributed by atoms with Gasteiger partial charge in [0.2, 0.25) is 0 Å². The molecule has 14 nitrogen and oxygen atoms in total. The van der Waals surface area contributed by atoms with Crippen LogP contribution in [0.5, 0.6) is 0 Å². The Morgan fingerprint density at radius 3 is 2.00 bits per heavy atom. The van der Waals surface area contributed by atoms with Gasteiger partial charge < -0.3 is 60.4 Å². The zero-order valence-electron chi connectivity index (χ0n) is 13.8. The van der Waals surface area contributed by atoms with E-state index in [9.17, 15) is 35.2 Å². The third-order valence-corrected chi connectivity index (χ3v) is 4.81. The van der Waals surface area contributed by atoms with Crippen LogP contribution < -0.4 is 5.73 Å². The minimum Gasteiger partial charge on any atom is -0.394 e. The molecule has 0 spiro atoms. The number of hydrogen-bond donors (Lipinski definition) is 9. The van der Waals surface area contributed by atoms with E-state index in [1.165, 1.54) is 0 Å². The Balaban J connectivity index is 2.26. The molecule has 2 aliphatic rings. The van der Waals surface area contributed by atoms with E-state index in [2.05, 4.69) is 4.52 Å². The molecule has 0 aromatic carbocycles. The van der Waals surface area contributed by atoms with Crippen molar-refractivity contribution in [2.75, 3.05) is 13.2 Å². The lowest BCUT2D eigenvalue weighted by molar-refractivity contribution is -0.341. The fourth-order valence-electron chi connectivity index (χ4n) is 2.86. The maximum atomic E-state index is 11.2. The quantitative estimate of drug-likeness (QED) is 0.182. The van der Waals surface area contributed by atoms with Gasteiger partial charge in [0.05, 0.1) is 19.3 Å². The van der Waals surface area contributed by atoms with Gasteiger partial charge in [0.15, 0.2) is 12.6 Å². The average molecular weight is 421 g/mol. The fourth-order valence-corrected chi connectivity index (χ4v) is 3.40. The summed E-state index contributed by atoms with van der Waals surface area (Å²) < 4.78 is 31.1. The van der Waals surface area contributed by atoms with Crippen molar-refractivity contribution < 1.29 is 63.7 Å². The molecule has 160 valence electrons. The third kappa shape index (κ3) is 5.20. The van der Waals surface area contributed by atoms with Crippen LogP contribution in [0.4, 0.5) is 0 Å². The van der Waals surface area contributed by atoms with Crippen molar-refractivity contribution in [2.45, 2.75) is 61.3 Å². The summed E-state index contributed by atoms with van der Waals surface area (Å²) in [7, 11) is -5.18. The van der Waals surface area contributed by atoms with Crippen LogP contribution in [0.25, 0.3) is 0 Å². The molecule has 0 bridgehead atoms. The first-order valence-corrected chi connectivity index (χ1v) is 9.43. The normalized spacial score (nSPS) is 46.4. The second kappa shape index (κ2) is 9.02. The lowest BCUT2D eigenvalue weighted by atomic mass is 9.96. The highest BCUT2D eigenvalue weighted by molar-refractivity contribution is 7.46. The predicted molar refractivity (Wildman–Crippen MR) is 81.5 cm³/mol. The van der Waals surface area contributed by atoms with Gasteiger partial charge in [-0.25, -0.2) is 4.57 Å². The monoisotopic (exact) mass is 421 g/mol. The molecule has 0 aromatic heterocycles. The Labute approximate surface area is 152 Å². The summed E-state index contributed by atoms with van der Waals surface area (Å²) >= 11 is 0. The van der Waals surface area contributed by atoms with Crippen LogP contribution in [0, 0.1) is 0 Å². The van der Waals surface area contributed by atoms with Crippen molar-refractivity contribution in [3.63, 3.8) is 0 Å². The number of rotatable bonds is 6. The highest BCUT2D eigenvalue weighted by atomic mass is 31.2. The van der Waals surface area contributed by atoms with Crippen molar-refractivity contribution >= 4 is 7.82 Å². The predicted octanol–water partition coefficient (Wildman–Crippen LogP) is -5.31. The van der Waals surface area contributed by atoms with E-state index in [1.807, 2.05) is 0 Å². The van der Waals surface area contributed by atoms with Crippen LogP contribution >= 0.6 is 7.82 Å². The van der Waals surface area contributed by atoms with Gasteiger partial charge in [-0.3, -0.25) is 4.52 Å². The van der Waals surface area contributed by atoms with Crippen LogP contribution in [0.1, 0.15) is 0 Å². The summed E-state index contributed by atoms with van der Waals surface area (Å²) in [6, 6.07) is -1.35. The minimum absolute atomic E-state index is 0.739. The van der Waals surface area contributed by atoms with Crippen LogP contribution in [0.2, 0.25) is 0 Å². The van der Waals surface area contributed by atoms with Crippen molar-refractivity contribution in [1.29, 1.82) is 0 Å². The Kier molecular flexibility index (Phi) is 7.68. The summed E-state index contributed by atoms with van der Waals surface area (Å²) in [5.74, 6) is 0. The molecule has 0 saturated carbocycles. The molecule has 0 amide bonds. The van der Waals surface area contributed by atoms with Crippen LogP contribution in [-0.2, 0) is 23.3 Å². The van der Waals surface area contributed by atoms with Gasteiger partial charge in [-0.1, -0.05) is 0 Å². The van der Waals surface area contributed by atoms with E-state index in [0.717, 1.165) is 0 Å². The maximum Gasteiger partial charge on any atom is 0.470 e. The standard InChI is InChI=1S/C12H24NO13P/c13-5-7(17)9(4(2-15)23-11(5)19)25-12-10(26-27(20,21)22)8(18)6(16)3(1-14)24-12/h3-12,14-19H,1-2,13H2,(H2,20,21,22)/t3-,4-,5-,6-,7-,8+,9-,10+,11+,12-/m1/s1. The molecule has 2 fully saturated rings. The molecule has 10 atom stereocenters. The number of hydrogen-bond acceptors (Lipinski definition) is 12. The summed E-state index contributed by atoms with van der Waals surface area (Å²) in [5.41, 5.74) is 5.56. The SMILES string of the molecule is N[C@@H]1[C@@H](O)[C@H](O[C@H]2O[C@H](CO)[C@@H](O)[C@H](O)[C@@H]2OP(=O)(O)O)[C@@H](CO)O[C@@H]1O. The summed E-state index contributed by atoms with van der Waals surface area (Å²) in [5, 5.41) is 58.3. The second-order valence-electron chi connectivity index (χ2n) is 6.18. The summed E-state index contributed by atoms with van der Waals surface area (Å²) in [6.45, 7) is -1.52. The lowest BCUT2D eigenvalue weighted by Crippen LogP contribution is -2.66. The number of aliphatic hydroxyl groups excluding tert-OH is 6. The Hall–Kier alpha value is -0.290. The molecule has 2 rings (SSSR count). The molecule has 10 N–H and O–H groups in total. The molecule has 15 heteroatoms. The first-order chi connectivity index (χ1) is 12.5. The molecule has 2 heterocycles. The Bertz CT molecular complexity index is 531. The second-order valence-corrected chi connectivity index (χ2v) is 7.38. The van der Waals surface area contributed by atoms with E-state index < -0.39 is 82.4 Å². The van der Waals surface area contributed by atoms with Crippen molar-refractivity contribution in [1.82, 2.24) is 0 Å². The van der Waals surface area contributed by atoms with Crippen molar-refractivity contribution in [3.05, 3.63) is 0 Å². The molecule has 0 unspecified atom stereocenters. The highest BCUT2D eigenvalue weighted by Crippen LogP contribution is 2.42. The molecule has 0 radical (unpaired) electrons. The van der Waals surface area contributed by atoms with E-state index in [-0.39, 0.29) is 0 Å². The number of nitrogens with two attached hydrogens (primary N) is 1. The van der Waals surface area contributed by atoms with Crippen molar-refractivity contribution in [3.8, 4) is 0 Å². The van der Waals surface area contributed by atoms with E-state index in [1.54, 1.807) is 0 Å². The van der Waals surface area contributed by atoms with Gasteiger partial charge in [0.1, 0.15) is 42.7 Å². The third-order valence-electron chi connectivity index (χ3n) is 4.30. The number of phosphoric acid groups is 1. The van der Waals surface area contributed by atoms with Gasteiger partial charge in [-0.15, -0.1) is 0 Å². The maximum absolute atomic E-state index is 11.2. The first-order valence-electron chi connectivity index (χ1n) is 7.90. The minimum atomic E-state index is -5.18. The highest BCUT2D eigenvalue weighted by Gasteiger charge is 2.52. The average Bonchev–Trinajstić information content (AvgIpc) is 2.60.